The maximum Gasteiger partial charge on any atom is 0.326 e. The number of hydrogen-bond donors (Lipinski definition) is 3. The predicted octanol–water partition coefficient (Wildman–Crippen LogP) is 1.88. The van der Waals surface area contributed by atoms with E-state index in [2.05, 4.69) is 20.3 Å². The van der Waals surface area contributed by atoms with Crippen molar-refractivity contribution >= 4 is 16.9 Å². The van der Waals surface area contributed by atoms with E-state index in [1.54, 1.807) is 37.3 Å². The molecule has 0 unspecified atom stereocenters. The van der Waals surface area contributed by atoms with E-state index < -0.39 is 11.2 Å². The fourth-order valence-electron chi connectivity index (χ4n) is 2.77. The summed E-state index contributed by atoms with van der Waals surface area (Å²) in [6, 6.07) is 8.86. The van der Waals surface area contributed by atoms with Crippen LogP contribution < -0.4 is 21.3 Å². The first kappa shape index (κ1) is 19.3. The molecule has 3 aromatic rings. The Balaban J connectivity index is 1.81. The third kappa shape index (κ3) is 4.46. The van der Waals surface area contributed by atoms with Crippen molar-refractivity contribution in [2.45, 2.75) is 33.2 Å². The number of ether oxygens (including phenoxy) is 1. The van der Waals surface area contributed by atoms with Gasteiger partial charge in [0.2, 0.25) is 0 Å². The summed E-state index contributed by atoms with van der Waals surface area (Å²) < 4.78 is 5.50. The number of hydrogen-bond acceptors (Lipinski definition) is 5. The van der Waals surface area contributed by atoms with E-state index >= 15 is 0 Å². The van der Waals surface area contributed by atoms with Crippen molar-refractivity contribution in [3.8, 4) is 17.0 Å². The molecule has 2 heterocycles. The SMILES string of the molecule is Cc1cc(-c2ccc(OCC(=O)NC(C)(C)C)cc2)nc2c(=O)[nH]c(=O)[nH]c12. The van der Waals surface area contributed by atoms with Gasteiger partial charge in [-0.05, 0) is 63.6 Å². The van der Waals surface area contributed by atoms with Crippen LogP contribution in [-0.2, 0) is 4.79 Å². The zero-order chi connectivity index (χ0) is 20.5. The minimum absolute atomic E-state index is 0.0767. The quantitative estimate of drug-likeness (QED) is 0.637. The van der Waals surface area contributed by atoms with E-state index in [4.69, 9.17) is 4.74 Å². The molecule has 3 N–H and O–H groups in total. The van der Waals surface area contributed by atoms with Gasteiger partial charge in [0, 0.05) is 11.1 Å². The summed E-state index contributed by atoms with van der Waals surface area (Å²) in [4.78, 5) is 44.5. The largest absolute Gasteiger partial charge is 0.484 e. The second-order valence-electron chi connectivity index (χ2n) is 7.57. The summed E-state index contributed by atoms with van der Waals surface area (Å²) in [6.45, 7) is 7.43. The first-order valence-electron chi connectivity index (χ1n) is 8.80. The van der Waals surface area contributed by atoms with Gasteiger partial charge in [0.05, 0.1) is 11.2 Å². The van der Waals surface area contributed by atoms with Crippen LogP contribution in [0.1, 0.15) is 26.3 Å². The highest BCUT2D eigenvalue weighted by atomic mass is 16.5. The Bertz CT molecular complexity index is 1140. The molecule has 2 aromatic heterocycles. The van der Waals surface area contributed by atoms with Gasteiger partial charge in [-0.25, -0.2) is 9.78 Å². The molecule has 0 spiro atoms. The predicted molar refractivity (Wildman–Crippen MR) is 107 cm³/mol. The molecule has 146 valence electrons. The maximum atomic E-state index is 12.0. The molecular formula is C20H22N4O4. The molecule has 1 amide bonds. The zero-order valence-electron chi connectivity index (χ0n) is 16.2. The monoisotopic (exact) mass is 382 g/mol. The molecule has 0 radical (unpaired) electrons. The van der Waals surface area contributed by atoms with Gasteiger partial charge in [0.25, 0.3) is 11.5 Å². The standard InChI is InChI=1S/C20H22N4O4/c1-11-9-14(21-17-16(11)22-19(27)23-18(17)26)12-5-7-13(8-6-12)28-10-15(25)24-20(2,3)4/h5-9H,10H2,1-4H3,(H,24,25)(H2,22,23,26,27). The van der Waals surface area contributed by atoms with Gasteiger partial charge in [0.1, 0.15) is 5.75 Å². The average Bonchev–Trinajstić information content (AvgIpc) is 2.60. The summed E-state index contributed by atoms with van der Waals surface area (Å²) in [5.41, 5.74) is 1.30. The average molecular weight is 382 g/mol. The van der Waals surface area contributed by atoms with Crippen molar-refractivity contribution in [1.82, 2.24) is 20.3 Å². The van der Waals surface area contributed by atoms with E-state index in [0.29, 0.717) is 17.0 Å². The number of carbonyl (C=O) groups is 1. The number of aromatic amines is 2. The number of pyridine rings is 1. The molecule has 0 aliphatic heterocycles. The van der Waals surface area contributed by atoms with Gasteiger partial charge in [-0.1, -0.05) is 0 Å². The van der Waals surface area contributed by atoms with E-state index in [-0.39, 0.29) is 23.6 Å². The molecule has 8 nitrogen and oxygen atoms in total. The highest BCUT2D eigenvalue weighted by Crippen LogP contribution is 2.23. The number of aromatic nitrogens is 3. The number of amides is 1. The normalized spacial score (nSPS) is 11.4. The molecule has 1 aromatic carbocycles. The lowest BCUT2D eigenvalue weighted by molar-refractivity contribution is -0.124. The molecule has 3 rings (SSSR count). The molecular weight excluding hydrogens is 360 g/mol. The Hall–Kier alpha value is -3.42. The summed E-state index contributed by atoms with van der Waals surface area (Å²) in [5, 5.41) is 2.83. The van der Waals surface area contributed by atoms with Crippen molar-refractivity contribution in [3.63, 3.8) is 0 Å². The molecule has 0 aliphatic rings. The third-order valence-electron chi connectivity index (χ3n) is 3.93. The Labute approximate surface area is 161 Å². The summed E-state index contributed by atoms with van der Waals surface area (Å²) >= 11 is 0. The van der Waals surface area contributed by atoms with Gasteiger partial charge >= 0.3 is 5.69 Å². The number of aryl methyl sites for hydroxylation is 1. The highest BCUT2D eigenvalue weighted by Gasteiger charge is 2.14. The van der Waals surface area contributed by atoms with Gasteiger partial charge in [-0.2, -0.15) is 0 Å². The molecule has 8 heteroatoms. The lowest BCUT2D eigenvalue weighted by atomic mass is 10.1. The highest BCUT2D eigenvalue weighted by molar-refractivity contribution is 5.80. The summed E-state index contributed by atoms with van der Waals surface area (Å²) in [6.07, 6.45) is 0. The zero-order valence-corrected chi connectivity index (χ0v) is 16.2. The fourth-order valence-corrected chi connectivity index (χ4v) is 2.77. The van der Waals surface area contributed by atoms with Crippen molar-refractivity contribution < 1.29 is 9.53 Å². The van der Waals surface area contributed by atoms with E-state index in [0.717, 1.165) is 11.1 Å². The van der Waals surface area contributed by atoms with Gasteiger partial charge in [-0.3, -0.25) is 14.6 Å². The Morgan fingerprint density at radius 2 is 1.82 bits per heavy atom. The van der Waals surface area contributed by atoms with Crippen LogP contribution in [-0.4, -0.2) is 33.0 Å². The number of fused-ring (bicyclic) bond motifs is 1. The minimum atomic E-state index is -0.563. The Morgan fingerprint density at radius 1 is 1.14 bits per heavy atom. The van der Waals surface area contributed by atoms with Crippen LogP contribution in [0.3, 0.4) is 0 Å². The van der Waals surface area contributed by atoms with Crippen molar-refractivity contribution in [2.24, 2.45) is 0 Å². The molecule has 28 heavy (non-hydrogen) atoms. The second kappa shape index (κ2) is 7.30. The van der Waals surface area contributed by atoms with Crippen LogP contribution in [0.15, 0.2) is 39.9 Å². The van der Waals surface area contributed by atoms with Crippen molar-refractivity contribution in [3.05, 3.63) is 56.7 Å². The summed E-state index contributed by atoms with van der Waals surface area (Å²) in [5.74, 6) is 0.351. The Kier molecular flexibility index (Phi) is 5.04. The summed E-state index contributed by atoms with van der Waals surface area (Å²) in [7, 11) is 0. The van der Waals surface area contributed by atoms with Gasteiger partial charge in [0.15, 0.2) is 12.1 Å². The van der Waals surface area contributed by atoms with Gasteiger partial charge < -0.3 is 15.0 Å². The lowest BCUT2D eigenvalue weighted by Crippen LogP contribution is -2.43. The maximum absolute atomic E-state index is 12.0. The van der Waals surface area contributed by atoms with Crippen LogP contribution >= 0.6 is 0 Å². The van der Waals surface area contributed by atoms with E-state index in [9.17, 15) is 14.4 Å². The third-order valence-corrected chi connectivity index (χ3v) is 3.93. The number of carbonyl (C=O) groups excluding carboxylic acids is 1. The van der Waals surface area contributed by atoms with Crippen molar-refractivity contribution in [2.75, 3.05) is 6.61 Å². The molecule has 0 fully saturated rings. The fraction of sp³-hybridized carbons (Fsp3) is 0.300. The van der Waals surface area contributed by atoms with E-state index in [1.807, 2.05) is 20.8 Å². The number of H-pyrrole nitrogens is 2. The van der Waals surface area contributed by atoms with Gasteiger partial charge in [-0.15, -0.1) is 0 Å². The molecule has 0 aliphatic carbocycles. The molecule has 0 saturated carbocycles. The Morgan fingerprint density at radius 3 is 2.46 bits per heavy atom. The number of rotatable bonds is 4. The number of benzene rings is 1. The van der Waals surface area contributed by atoms with Crippen LogP contribution in [0.4, 0.5) is 0 Å². The topological polar surface area (TPSA) is 117 Å². The number of nitrogens with one attached hydrogen (secondary N) is 3. The molecule has 0 saturated heterocycles. The molecule has 0 atom stereocenters. The number of nitrogens with zero attached hydrogens (tertiary/aromatic N) is 1. The van der Waals surface area contributed by atoms with E-state index in [1.165, 1.54) is 0 Å². The van der Waals surface area contributed by atoms with Crippen LogP contribution in [0.25, 0.3) is 22.3 Å². The first-order chi connectivity index (χ1) is 13.1. The van der Waals surface area contributed by atoms with Crippen LogP contribution in [0, 0.1) is 6.92 Å². The van der Waals surface area contributed by atoms with Crippen LogP contribution in [0.5, 0.6) is 5.75 Å². The molecule has 0 bridgehead atoms. The smallest absolute Gasteiger partial charge is 0.326 e. The first-order valence-corrected chi connectivity index (χ1v) is 8.80. The second-order valence-corrected chi connectivity index (χ2v) is 7.57. The van der Waals surface area contributed by atoms with Crippen molar-refractivity contribution in [1.29, 1.82) is 0 Å². The lowest BCUT2D eigenvalue weighted by Gasteiger charge is -2.20. The minimum Gasteiger partial charge on any atom is -0.484 e. The van der Waals surface area contributed by atoms with Crippen LogP contribution in [0.2, 0.25) is 0 Å².